The molecule has 1 aliphatic carbocycles. The van der Waals surface area contributed by atoms with Crippen LogP contribution in [0.25, 0.3) is 0 Å². The molecular formula is C12H22O2. The molecule has 0 radical (unpaired) electrons. The first-order valence-corrected chi connectivity index (χ1v) is 5.55. The molecule has 0 spiro atoms. The minimum Gasteiger partial charge on any atom is -0.466 e. The van der Waals surface area contributed by atoms with Gasteiger partial charge in [0.25, 0.3) is 0 Å². The van der Waals surface area contributed by atoms with Crippen LogP contribution in [0, 0.1) is 17.3 Å². The second kappa shape index (κ2) is 4.33. The van der Waals surface area contributed by atoms with E-state index in [-0.39, 0.29) is 5.97 Å². The van der Waals surface area contributed by atoms with Gasteiger partial charge in [0.2, 0.25) is 0 Å². The zero-order chi connectivity index (χ0) is 10.8. The summed E-state index contributed by atoms with van der Waals surface area (Å²) < 4.78 is 5.11. The fraction of sp³-hybridized carbons (Fsp3) is 0.917. The van der Waals surface area contributed by atoms with E-state index in [1.165, 1.54) is 26.2 Å². The summed E-state index contributed by atoms with van der Waals surface area (Å²) in [4.78, 5) is 10.7. The largest absolute Gasteiger partial charge is 0.466 e. The van der Waals surface area contributed by atoms with Crippen LogP contribution >= 0.6 is 0 Å². The van der Waals surface area contributed by atoms with Crippen LogP contribution in [-0.4, -0.2) is 12.6 Å². The van der Waals surface area contributed by atoms with Crippen molar-refractivity contribution in [2.45, 2.75) is 47.0 Å². The van der Waals surface area contributed by atoms with Crippen LogP contribution in [0.3, 0.4) is 0 Å². The van der Waals surface area contributed by atoms with Crippen molar-refractivity contribution in [2.24, 2.45) is 17.3 Å². The topological polar surface area (TPSA) is 26.3 Å². The van der Waals surface area contributed by atoms with Crippen molar-refractivity contribution in [3.63, 3.8) is 0 Å². The summed E-state index contributed by atoms with van der Waals surface area (Å²) in [7, 11) is 0. The highest BCUT2D eigenvalue weighted by atomic mass is 16.5. The molecule has 0 aromatic rings. The van der Waals surface area contributed by atoms with Crippen molar-refractivity contribution < 1.29 is 9.53 Å². The van der Waals surface area contributed by atoms with E-state index in [0.29, 0.717) is 17.9 Å². The van der Waals surface area contributed by atoms with Gasteiger partial charge in [-0.15, -0.1) is 0 Å². The molecule has 2 atom stereocenters. The summed E-state index contributed by atoms with van der Waals surface area (Å²) >= 11 is 0. The minimum absolute atomic E-state index is 0.153. The Balaban J connectivity index is 2.47. The van der Waals surface area contributed by atoms with Gasteiger partial charge in [-0.05, 0) is 30.1 Å². The first-order valence-electron chi connectivity index (χ1n) is 5.55. The quantitative estimate of drug-likeness (QED) is 0.637. The van der Waals surface area contributed by atoms with Crippen molar-refractivity contribution in [3.05, 3.63) is 0 Å². The molecule has 0 amide bonds. The van der Waals surface area contributed by atoms with Gasteiger partial charge in [-0.3, -0.25) is 4.79 Å². The third-order valence-corrected chi connectivity index (χ3v) is 3.48. The summed E-state index contributed by atoms with van der Waals surface area (Å²) in [6, 6.07) is 0. The Morgan fingerprint density at radius 2 is 2.07 bits per heavy atom. The molecule has 2 unspecified atom stereocenters. The predicted molar refractivity (Wildman–Crippen MR) is 56.9 cm³/mol. The van der Waals surface area contributed by atoms with E-state index < -0.39 is 0 Å². The molecule has 1 rings (SSSR count). The first kappa shape index (κ1) is 11.5. The SMILES string of the molecule is CC(=O)OCC1CCC(C)CC1(C)C. The van der Waals surface area contributed by atoms with Gasteiger partial charge in [-0.25, -0.2) is 0 Å². The summed E-state index contributed by atoms with van der Waals surface area (Å²) in [5, 5.41) is 0. The van der Waals surface area contributed by atoms with Crippen LogP contribution in [0.15, 0.2) is 0 Å². The molecule has 0 heterocycles. The lowest BCUT2D eigenvalue weighted by Gasteiger charge is -2.41. The maximum atomic E-state index is 10.7. The summed E-state index contributed by atoms with van der Waals surface area (Å²) in [5.74, 6) is 1.21. The second-order valence-corrected chi connectivity index (χ2v) is 5.37. The lowest BCUT2D eigenvalue weighted by molar-refractivity contribution is -0.144. The fourth-order valence-electron chi connectivity index (χ4n) is 2.57. The van der Waals surface area contributed by atoms with Crippen LogP contribution < -0.4 is 0 Å². The first-order chi connectivity index (χ1) is 6.42. The van der Waals surface area contributed by atoms with Gasteiger partial charge in [0, 0.05) is 6.92 Å². The Kier molecular flexibility index (Phi) is 3.57. The highest BCUT2D eigenvalue weighted by Gasteiger charge is 2.35. The van der Waals surface area contributed by atoms with E-state index >= 15 is 0 Å². The minimum atomic E-state index is -0.153. The number of ether oxygens (including phenoxy) is 1. The molecule has 0 aromatic heterocycles. The summed E-state index contributed by atoms with van der Waals surface area (Å²) in [6.07, 6.45) is 3.72. The second-order valence-electron chi connectivity index (χ2n) is 5.37. The van der Waals surface area contributed by atoms with E-state index in [9.17, 15) is 4.79 Å². The molecule has 1 saturated carbocycles. The summed E-state index contributed by atoms with van der Waals surface area (Å²) in [5.41, 5.74) is 0.327. The third-order valence-electron chi connectivity index (χ3n) is 3.48. The molecule has 0 aliphatic heterocycles. The number of esters is 1. The monoisotopic (exact) mass is 198 g/mol. The standard InChI is InChI=1S/C12H22O2/c1-9-5-6-11(8-14-10(2)13)12(3,4)7-9/h9,11H,5-8H2,1-4H3. The Morgan fingerprint density at radius 3 is 2.57 bits per heavy atom. The fourth-order valence-corrected chi connectivity index (χ4v) is 2.57. The van der Waals surface area contributed by atoms with Gasteiger partial charge < -0.3 is 4.74 Å². The van der Waals surface area contributed by atoms with Crippen LogP contribution in [-0.2, 0) is 9.53 Å². The van der Waals surface area contributed by atoms with Crippen molar-refractivity contribution in [2.75, 3.05) is 6.61 Å². The average Bonchev–Trinajstić information content (AvgIpc) is 2.00. The number of hydrogen-bond acceptors (Lipinski definition) is 2. The zero-order valence-electron chi connectivity index (χ0n) is 9.80. The van der Waals surface area contributed by atoms with Crippen LogP contribution in [0.5, 0.6) is 0 Å². The molecule has 0 aromatic carbocycles. The van der Waals surface area contributed by atoms with Gasteiger partial charge in [-0.2, -0.15) is 0 Å². The molecule has 14 heavy (non-hydrogen) atoms. The third kappa shape index (κ3) is 3.00. The Labute approximate surface area is 87.0 Å². The van der Waals surface area contributed by atoms with Crippen molar-refractivity contribution in [1.82, 2.24) is 0 Å². The van der Waals surface area contributed by atoms with E-state index in [1.54, 1.807) is 0 Å². The molecule has 0 bridgehead atoms. The number of carbonyl (C=O) groups is 1. The van der Waals surface area contributed by atoms with Crippen molar-refractivity contribution in [3.8, 4) is 0 Å². The average molecular weight is 198 g/mol. The van der Waals surface area contributed by atoms with Crippen molar-refractivity contribution >= 4 is 5.97 Å². The highest BCUT2D eigenvalue weighted by molar-refractivity contribution is 5.65. The Hall–Kier alpha value is -0.530. The normalized spacial score (nSPS) is 31.1. The molecular weight excluding hydrogens is 176 g/mol. The highest BCUT2D eigenvalue weighted by Crippen LogP contribution is 2.43. The van der Waals surface area contributed by atoms with Gasteiger partial charge in [0.05, 0.1) is 6.61 Å². The van der Waals surface area contributed by atoms with Gasteiger partial charge in [-0.1, -0.05) is 27.2 Å². The van der Waals surface area contributed by atoms with Gasteiger partial charge >= 0.3 is 5.97 Å². The Morgan fingerprint density at radius 1 is 1.43 bits per heavy atom. The molecule has 1 aliphatic rings. The zero-order valence-corrected chi connectivity index (χ0v) is 9.80. The van der Waals surface area contributed by atoms with Crippen molar-refractivity contribution in [1.29, 1.82) is 0 Å². The molecule has 0 saturated heterocycles. The van der Waals surface area contributed by atoms with Crippen LogP contribution in [0.4, 0.5) is 0 Å². The number of hydrogen-bond donors (Lipinski definition) is 0. The Bertz CT molecular complexity index is 208. The van der Waals surface area contributed by atoms with E-state index in [1.807, 2.05) is 0 Å². The molecule has 82 valence electrons. The maximum Gasteiger partial charge on any atom is 0.302 e. The number of rotatable bonds is 2. The van der Waals surface area contributed by atoms with Gasteiger partial charge in [0.1, 0.15) is 0 Å². The van der Waals surface area contributed by atoms with E-state index in [0.717, 1.165) is 5.92 Å². The number of carbonyl (C=O) groups excluding carboxylic acids is 1. The summed E-state index contributed by atoms with van der Waals surface area (Å²) in [6.45, 7) is 8.98. The lowest BCUT2D eigenvalue weighted by Crippen LogP contribution is -2.34. The molecule has 2 heteroatoms. The molecule has 1 fully saturated rings. The van der Waals surface area contributed by atoms with Gasteiger partial charge in [0.15, 0.2) is 0 Å². The van der Waals surface area contributed by atoms with E-state index in [4.69, 9.17) is 4.74 Å². The maximum absolute atomic E-state index is 10.7. The van der Waals surface area contributed by atoms with E-state index in [2.05, 4.69) is 20.8 Å². The molecule has 0 N–H and O–H groups in total. The predicted octanol–water partition coefficient (Wildman–Crippen LogP) is 3.01. The smallest absolute Gasteiger partial charge is 0.302 e. The molecule has 2 nitrogen and oxygen atoms in total. The lowest BCUT2D eigenvalue weighted by atomic mass is 9.66. The van der Waals surface area contributed by atoms with Crippen LogP contribution in [0.1, 0.15) is 47.0 Å². The van der Waals surface area contributed by atoms with Crippen LogP contribution in [0.2, 0.25) is 0 Å².